The topological polar surface area (TPSA) is 81.4 Å². The van der Waals surface area contributed by atoms with E-state index in [9.17, 15) is 22.4 Å². The number of amides is 1. The van der Waals surface area contributed by atoms with Crippen LogP contribution in [0.2, 0.25) is 0 Å². The molecule has 0 spiro atoms. The number of halogens is 4. The van der Waals surface area contributed by atoms with Crippen LogP contribution in [0.15, 0.2) is 41.1 Å². The summed E-state index contributed by atoms with van der Waals surface area (Å²) in [6.45, 7) is 2.12. The Morgan fingerprint density at radius 1 is 1.21 bits per heavy atom. The lowest BCUT2D eigenvalue weighted by Gasteiger charge is -2.49. The molecule has 1 aliphatic carbocycles. The van der Waals surface area contributed by atoms with Gasteiger partial charge in [0, 0.05) is 18.8 Å². The zero-order valence-electron chi connectivity index (χ0n) is 18.1. The minimum Gasteiger partial charge on any atom is -0.472 e. The van der Waals surface area contributed by atoms with Crippen molar-refractivity contribution in [3.63, 3.8) is 0 Å². The number of fused-ring (bicyclic) bond motifs is 3. The van der Waals surface area contributed by atoms with Crippen LogP contribution in [0.25, 0.3) is 11.5 Å². The number of carbonyl (C=O) groups is 1. The van der Waals surface area contributed by atoms with Gasteiger partial charge in [0.1, 0.15) is 11.9 Å². The number of aryl methyl sites for hydroxylation is 1. The number of carbonyl (C=O) groups excluding carboxylic acids is 1. The third-order valence-electron chi connectivity index (χ3n) is 6.29. The molecule has 3 fully saturated rings. The Hall–Kier alpha value is -3.50. The second kappa shape index (κ2) is 8.37. The Bertz CT molecular complexity index is 1210. The van der Waals surface area contributed by atoms with E-state index in [1.807, 2.05) is 0 Å². The molecule has 2 aromatic heterocycles. The van der Waals surface area contributed by atoms with Gasteiger partial charge in [-0.1, -0.05) is 5.16 Å². The Kier molecular flexibility index (Phi) is 5.49. The van der Waals surface area contributed by atoms with Crippen LogP contribution in [0.4, 0.5) is 17.6 Å². The van der Waals surface area contributed by atoms with Crippen molar-refractivity contribution < 1.29 is 31.6 Å². The highest BCUT2D eigenvalue weighted by Gasteiger charge is 2.45. The maximum atomic E-state index is 14.0. The number of hydrogen-bond donors (Lipinski definition) is 0. The maximum absolute atomic E-state index is 14.0. The molecule has 2 bridgehead atoms. The van der Waals surface area contributed by atoms with Crippen molar-refractivity contribution in [2.24, 2.45) is 5.92 Å². The van der Waals surface area contributed by atoms with E-state index in [-0.39, 0.29) is 40.8 Å². The lowest BCUT2D eigenvalue weighted by molar-refractivity contribution is -0.137. The molecule has 3 aromatic rings. The first kappa shape index (κ1) is 22.3. The van der Waals surface area contributed by atoms with Crippen molar-refractivity contribution in [3.8, 4) is 17.3 Å². The van der Waals surface area contributed by atoms with E-state index in [0.29, 0.717) is 25.2 Å². The van der Waals surface area contributed by atoms with Gasteiger partial charge in [-0.2, -0.15) is 18.2 Å². The van der Waals surface area contributed by atoms with Crippen LogP contribution < -0.4 is 4.74 Å². The van der Waals surface area contributed by atoms with Crippen LogP contribution in [-0.2, 0) is 6.18 Å². The molecule has 6 rings (SSSR count). The number of ether oxygens (including phenoxy) is 1. The minimum atomic E-state index is -4.48. The Balaban J connectivity index is 1.40. The molecule has 1 amide bonds. The number of rotatable bonds is 4. The van der Waals surface area contributed by atoms with E-state index in [4.69, 9.17) is 9.26 Å². The van der Waals surface area contributed by atoms with Gasteiger partial charge in [-0.3, -0.25) is 4.79 Å². The molecule has 2 aliphatic heterocycles. The third-order valence-corrected chi connectivity index (χ3v) is 6.29. The second-order valence-corrected chi connectivity index (χ2v) is 8.58. The quantitative estimate of drug-likeness (QED) is 0.509. The normalized spacial score (nSPS) is 22.1. The van der Waals surface area contributed by atoms with E-state index < -0.39 is 23.7 Å². The summed E-state index contributed by atoms with van der Waals surface area (Å²) >= 11 is 0. The van der Waals surface area contributed by atoms with Crippen molar-refractivity contribution in [1.29, 1.82) is 0 Å². The number of benzene rings is 1. The number of nitrogens with zero attached hydrogens (tertiary/aromatic N) is 4. The SMILES string of the molecule is Cc1noc(-c2cc(F)ccc2C(=O)N2C[C@H]3CC[C@H]2[C@H](Oc2ccc(C(F)(F)F)cn2)C3)n1. The van der Waals surface area contributed by atoms with Crippen LogP contribution in [-0.4, -0.2) is 44.6 Å². The predicted molar refractivity (Wildman–Crippen MR) is 110 cm³/mol. The molecular weight excluding hydrogens is 456 g/mol. The maximum Gasteiger partial charge on any atom is 0.417 e. The van der Waals surface area contributed by atoms with Crippen molar-refractivity contribution in [2.75, 3.05) is 6.54 Å². The fraction of sp³-hybridized carbons (Fsp3) is 0.391. The van der Waals surface area contributed by atoms with Gasteiger partial charge in [-0.25, -0.2) is 9.37 Å². The van der Waals surface area contributed by atoms with Crippen molar-refractivity contribution >= 4 is 5.91 Å². The summed E-state index contributed by atoms with van der Waals surface area (Å²) in [4.78, 5) is 23.2. The molecule has 0 N–H and O–H groups in total. The molecule has 2 saturated heterocycles. The largest absolute Gasteiger partial charge is 0.472 e. The number of alkyl halides is 3. The van der Waals surface area contributed by atoms with Gasteiger partial charge in [-0.15, -0.1) is 0 Å². The highest BCUT2D eigenvalue weighted by atomic mass is 19.4. The number of hydrogen-bond acceptors (Lipinski definition) is 6. The van der Waals surface area contributed by atoms with Gasteiger partial charge in [0.05, 0.1) is 22.7 Å². The van der Waals surface area contributed by atoms with E-state index in [1.165, 1.54) is 24.3 Å². The molecular formula is C23H20F4N4O3. The summed E-state index contributed by atoms with van der Waals surface area (Å²) in [6, 6.07) is 5.58. The smallest absolute Gasteiger partial charge is 0.417 e. The van der Waals surface area contributed by atoms with Crippen LogP contribution >= 0.6 is 0 Å². The zero-order chi connectivity index (χ0) is 24.0. The molecule has 3 aliphatic rings. The summed E-state index contributed by atoms with van der Waals surface area (Å²) < 4.78 is 63.6. The van der Waals surface area contributed by atoms with E-state index in [1.54, 1.807) is 11.8 Å². The molecule has 0 radical (unpaired) electrons. The Morgan fingerprint density at radius 2 is 2.03 bits per heavy atom. The average molecular weight is 476 g/mol. The molecule has 34 heavy (non-hydrogen) atoms. The molecule has 3 atom stereocenters. The molecule has 178 valence electrons. The van der Waals surface area contributed by atoms with Gasteiger partial charge in [0.15, 0.2) is 5.82 Å². The van der Waals surface area contributed by atoms with E-state index in [0.717, 1.165) is 18.7 Å². The molecule has 1 saturated carbocycles. The van der Waals surface area contributed by atoms with Crippen LogP contribution in [0.5, 0.6) is 5.88 Å². The summed E-state index contributed by atoms with van der Waals surface area (Å²) in [5.74, 6) is -0.229. The fourth-order valence-corrected chi connectivity index (χ4v) is 4.71. The van der Waals surface area contributed by atoms with Gasteiger partial charge in [0.25, 0.3) is 11.8 Å². The number of pyridine rings is 1. The monoisotopic (exact) mass is 476 g/mol. The van der Waals surface area contributed by atoms with Crippen LogP contribution in [0.1, 0.15) is 41.0 Å². The standard InChI is InChI=1S/C23H20F4N4O3/c1-12-29-21(34-30-12)17-9-15(24)4-5-16(17)22(32)31-11-13-2-6-18(31)19(8-13)33-20-7-3-14(10-28-20)23(25,26)27/h3-5,7,9-10,13,18-19H,2,6,8,11H2,1H3/t13-,18-,19+/m0/s1. The van der Waals surface area contributed by atoms with Crippen LogP contribution in [0.3, 0.4) is 0 Å². The molecule has 11 heteroatoms. The summed E-state index contributed by atoms with van der Waals surface area (Å²) in [6.07, 6.45) is -1.92. The number of piperidine rings is 2. The van der Waals surface area contributed by atoms with Gasteiger partial charge >= 0.3 is 6.18 Å². The lowest BCUT2D eigenvalue weighted by Crippen LogP contribution is -2.59. The first-order chi connectivity index (χ1) is 16.2. The van der Waals surface area contributed by atoms with Gasteiger partial charge < -0.3 is 14.2 Å². The van der Waals surface area contributed by atoms with E-state index in [2.05, 4.69) is 15.1 Å². The lowest BCUT2D eigenvalue weighted by atomic mass is 9.77. The molecule has 4 heterocycles. The van der Waals surface area contributed by atoms with E-state index >= 15 is 0 Å². The predicted octanol–water partition coefficient (Wildman–Crippen LogP) is 4.67. The summed E-state index contributed by atoms with van der Waals surface area (Å²) in [5, 5.41) is 3.72. The average Bonchev–Trinajstić information content (AvgIpc) is 3.25. The highest BCUT2D eigenvalue weighted by Crippen LogP contribution is 2.39. The van der Waals surface area contributed by atoms with Crippen molar-refractivity contribution in [1.82, 2.24) is 20.0 Å². The van der Waals surface area contributed by atoms with Crippen molar-refractivity contribution in [2.45, 2.75) is 44.5 Å². The highest BCUT2D eigenvalue weighted by molar-refractivity contribution is 6.00. The molecule has 7 nitrogen and oxygen atoms in total. The first-order valence-corrected chi connectivity index (χ1v) is 10.8. The van der Waals surface area contributed by atoms with Gasteiger partial charge in [-0.05, 0) is 56.4 Å². The van der Waals surface area contributed by atoms with Crippen molar-refractivity contribution in [3.05, 3.63) is 59.3 Å². The second-order valence-electron chi connectivity index (χ2n) is 8.58. The molecule has 0 unspecified atom stereocenters. The Labute approximate surface area is 191 Å². The molecule has 1 aromatic carbocycles. The first-order valence-electron chi connectivity index (χ1n) is 10.8. The Morgan fingerprint density at radius 3 is 2.68 bits per heavy atom. The summed E-state index contributed by atoms with van der Waals surface area (Å²) in [5.41, 5.74) is -0.431. The summed E-state index contributed by atoms with van der Waals surface area (Å²) in [7, 11) is 0. The third kappa shape index (κ3) is 4.22. The fourth-order valence-electron chi connectivity index (χ4n) is 4.71. The minimum absolute atomic E-state index is 0.0456. The van der Waals surface area contributed by atoms with Crippen LogP contribution in [0, 0.1) is 18.7 Å². The number of aromatic nitrogens is 3. The van der Waals surface area contributed by atoms with Gasteiger partial charge in [0.2, 0.25) is 5.88 Å². The zero-order valence-corrected chi connectivity index (χ0v) is 18.1.